The average molecular weight is 300 g/mol. The topological polar surface area (TPSA) is 83.7 Å². The fraction of sp³-hybridized carbons (Fsp3) is 0.462. The molecular formula is C13H14F2N2O4. The SMILES string of the molecule is O=C(O)CC1CCN(c2cc(F)cc(F)c2[N+](=O)[O-])CC1. The maximum absolute atomic E-state index is 13.6. The van der Waals surface area contributed by atoms with E-state index in [1.807, 2.05) is 0 Å². The van der Waals surface area contributed by atoms with Crippen molar-refractivity contribution in [2.24, 2.45) is 5.92 Å². The van der Waals surface area contributed by atoms with Gasteiger partial charge in [-0.3, -0.25) is 14.9 Å². The molecule has 1 heterocycles. The van der Waals surface area contributed by atoms with Crippen LogP contribution in [0.5, 0.6) is 0 Å². The van der Waals surface area contributed by atoms with Crippen LogP contribution < -0.4 is 4.90 Å². The van der Waals surface area contributed by atoms with Crippen LogP contribution in [0, 0.1) is 27.7 Å². The van der Waals surface area contributed by atoms with E-state index in [9.17, 15) is 23.7 Å². The summed E-state index contributed by atoms with van der Waals surface area (Å²) in [5.74, 6) is -2.99. The lowest BCUT2D eigenvalue weighted by Gasteiger charge is -2.32. The van der Waals surface area contributed by atoms with Crippen molar-refractivity contribution in [3.05, 3.63) is 33.9 Å². The Bertz CT molecular complexity index is 572. The molecule has 1 N–H and O–H groups in total. The molecule has 0 aliphatic carbocycles. The van der Waals surface area contributed by atoms with Gasteiger partial charge in [-0.15, -0.1) is 0 Å². The van der Waals surface area contributed by atoms with Gasteiger partial charge in [0, 0.05) is 31.6 Å². The summed E-state index contributed by atoms with van der Waals surface area (Å²) in [4.78, 5) is 22.3. The van der Waals surface area contributed by atoms with Crippen LogP contribution in [-0.4, -0.2) is 29.1 Å². The molecule has 0 spiro atoms. The minimum atomic E-state index is -1.21. The van der Waals surface area contributed by atoms with Gasteiger partial charge >= 0.3 is 11.7 Å². The molecule has 8 heteroatoms. The highest BCUT2D eigenvalue weighted by molar-refractivity contribution is 5.67. The lowest BCUT2D eigenvalue weighted by atomic mass is 9.93. The van der Waals surface area contributed by atoms with E-state index in [1.54, 1.807) is 0 Å². The van der Waals surface area contributed by atoms with Crippen molar-refractivity contribution in [1.29, 1.82) is 0 Å². The molecule has 1 aliphatic heterocycles. The van der Waals surface area contributed by atoms with Gasteiger partial charge in [-0.2, -0.15) is 4.39 Å². The van der Waals surface area contributed by atoms with E-state index in [0.717, 1.165) is 6.07 Å². The number of aliphatic carboxylic acids is 1. The predicted octanol–water partition coefficient (Wildman–Crippen LogP) is 2.56. The Hall–Kier alpha value is -2.25. The molecule has 1 aromatic carbocycles. The van der Waals surface area contributed by atoms with Crippen molar-refractivity contribution in [1.82, 2.24) is 0 Å². The summed E-state index contributed by atoms with van der Waals surface area (Å²) in [6.07, 6.45) is 1.07. The summed E-state index contributed by atoms with van der Waals surface area (Å²) in [6.45, 7) is 0.670. The maximum Gasteiger partial charge on any atom is 0.328 e. The molecule has 2 rings (SSSR count). The predicted molar refractivity (Wildman–Crippen MR) is 70.2 cm³/mol. The number of hydrogen-bond acceptors (Lipinski definition) is 4. The van der Waals surface area contributed by atoms with Crippen LogP contribution in [0.2, 0.25) is 0 Å². The fourth-order valence-electron chi connectivity index (χ4n) is 2.60. The smallest absolute Gasteiger partial charge is 0.328 e. The lowest BCUT2D eigenvalue weighted by Crippen LogP contribution is -2.35. The quantitative estimate of drug-likeness (QED) is 0.682. The second-order valence-corrected chi connectivity index (χ2v) is 5.04. The minimum absolute atomic E-state index is 0.0174. The van der Waals surface area contributed by atoms with E-state index in [4.69, 9.17) is 5.11 Å². The Balaban J connectivity index is 2.20. The normalized spacial score (nSPS) is 16.0. The number of piperidine rings is 1. The van der Waals surface area contributed by atoms with Gasteiger partial charge in [0.2, 0.25) is 5.82 Å². The summed E-state index contributed by atoms with van der Waals surface area (Å²) in [5, 5.41) is 19.7. The summed E-state index contributed by atoms with van der Waals surface area (Å²) >= 11 is 0. The first-order chi connectivity index (χ1) is 9.88. The Labute approximate surface area is 119 Å². The number of rotatable bonds is 4. The average Bonchev–Trinajstić information content (AvgIpc) is 2.37. The van der Waals surface area contributed by atoms with Crippen molar-refractivity contribution in [3.63, 3.8) is 0 Å². The van der Waals surface area contributed by atoms with Gasteiger partial charge in [-0.25, -0.2) is 4.39 Å². The number of carboxylic acids is 1. The molecule has 114 valence electrons. The minimum Gasteiger partial charge on any atom is -0.481 e. The summed E-state index contributed by atoms with van der Waals surface area (Å²) < 4.78 is 26.9. The first-order valence-electron chi connectivity index (χ1n) is 6.48. The third-order valence-corrected chi connectivity index (χ3v) is 3.61. The van der Waals surface area contributed by atoms with Crippen molar-refractivity contribution in [3.8, 4) is 0 Å². The number of carboxylic acid groups (broad SMARTS) is 1. The van der Waals surface area contributed by atoms with E-state index in [1.165, 1.54) is 4.90 Å². The number of anilines is 1. The Morgan fingerprint density at radius 3 is 2.52 bits per heavy atom. The van der Waals surface area contributed by atoms with Crippen molar-refractivity contribution in [2.75, 3.05) is 18.0 Å². The van der Waals surface area contributed by atoms with Gasteiger partial charge in [0.25, 0.3) is 0 Å². The lowest BCUT2D eigenvalue weighted by molar-refractivity contribution is -0.386. The molecule has 1 fully saturated rings. The largest absolute Gasteiger partial charge is 0.481 e. The van der Waals surface area contributed by atoms with Gasteiger partial charge in [0.15, 0.2) is 0 Å². The zero-order chi connectivity index (χ0) is 15.6. The third kappa shape index (κ3) is 3.45. The molecule has 0 atom stereocenters. The number of halogens is 2. The van der Waals surface area contributed by atoms with E-state index < -0.39 is 28.2 Å². The van der Waals surface area contributed by atoms with Crippen LogP contribution in [0.25, 0.3) is 0 Å². The Morgan fingerprint density at radius 2 is 2.00 bits per heavy atom. The zero-order valence-corrected chi connectivity index (χ0v) is 11.1. The van der Waals surface area contributed by atoms with Crippen molar-refractivity contribution < 1.29 is 23.6 Å². The molecule has 21 heavy (non-hydrogen) atoms. The van der Waals surface area contributed by atoms with Gasteiger partial charge < -0.3 is 10.0 Å². The number of hydrogen-bond donors (Lipinski definition) is 1. The van der Waals surface area contributed by atoms with Gasteiger partial charge in [-0.1, -0.05) is 0 Å². The van der Waals surface area contributed by atoms with E-state index in [2.05, 4.69) is 0 Å². The molecule has 6 nitrogen and oxygen atoms in total. The van der Waals surface area contributed by atoms with E-state index >= 15 is 0 Å². The standard InChI is InChI=1S/C13H14F2N2O4/c14-9-6-10(15)13(17(20)21)11(7-9)16-3-1-8(2-4-16)5-12(18)19/h6-8H,1-5H2,(H,18,19). The fourth-order valence-corrected chi connectivity index (χ4v) is 2.60. The maximum atomic E-state index is 13.6. The van der Waals surface area contributed by atoms with Crippen LogP contribution in [-0.2, 0) is 4.79 Å². The number of nitrogens with zero attached hydrogens (tertiary/aromatic N) is 2. The second-order valence-electron chi connectivity index (χ2n) is 5.04. The summed E-state index contributed by atoms with van der Waals surface area (Å²) in [6, 6.07) is 1.43. The second kappa shape index (κ2) is 6.02. The van der Waals surface area contributed by atoms with Crippen molar-refractivity contribution in [2.45, 2.75) is 19.3 Å². The number of nitro groups is 1. The van der Waals surface area contributed by atoms with E-state index in [-0.39, 0.29) is 18.0 Å². The molecule has 0 saturated carbocycles. The molecule has 0 radical (unpaired) electrons. The molecule has 0 amide bonds. The Morgan fingerprint density at radius 1 is 1.38 bits per heavy atom. The van der Waals surface area contributed by atoms with Gasteiger partial charge in [0.05, 0.1) is 4.92 Å². The highest BCUT2D eigenvalue weighted by Crippen LogP contribution is 2.34. The first-order valence-corrected chi connectivity index (χ1v) is 6.48. The van der Waals surface area contributed by atoms with Crippen LogP contribution in [0.4, 0.5) is 20.2 Å². The molecule has 1 aromatic rings. The van der Waals surface area contributed by atoms with Crippen LogP contribution >= 0.6 is 0 Å². The van der Waals surface area contributed by atoms with Gasteiger partial charge in [-0.05, 0) is 18.8 Å². The molecule has 1 aliphatic rings. The Kier molecular flexibility index (Phi) is 4.35. The van der Waals surface area contributed by atoms with Crippen LogP contribution in [0.15, 0.2) is 12.1 Å². The molecular weight excluding hydrogens is 286 g/mol. The van der Waals surface area contributed by atoms with Crippen LogP contribution in [0.1, 0.15) is 19.3 Å². The van der Waals surface area contributed by atoms with E-state index in [0.29, 0.717) is 32.0 Å². The first kappa shape index (κ1) is 15.1. The molecule has 0 aromatic heterocycles. The number of nitro benzene ring substituents is 1. The monoisotopic (exact) mass is 300 g/mol. The van der Waals surface area contributed by atoms with Crippen molar-refractivity contribution >= 4 is 17.3 Å². The van der Waals surface area contributed by atoms with Gasteiger partial charge in [0.1, 0.15) is 11.5 Å². The highest BCUT2D eigenvalue weighted by Gasteiger charge is 2.29. The molecule has 0 bridgehead atoms. The summed E-state index contributed by atoms with van der Waals surface area (Å²) in [7, 11) is 0. The zero-order valence-electron chi connectivity index (χ0n) is 11.1. The highest BCUT2D eigenvalue weighted by atomic mass is 19.1. The number of carbonyl (C=O) groups is 1. The number of benzene rings is 1. The third-order valence-electron chi connectivity index (χ3n) is 3.61. The van der Waals surface area contributed by atoms with Crippen LogP contribution in [0.3, 0.4) is 0 Å². The molecule has 1 saturated heterocycles. The summed E-state index contributed by atoms with van der Waals surface area (Å²) in [5.41, 5.74) is -0.834. The molecule has 0 unspecified atom stereocenters.